The van der Waals surface area contributed by atoms with Crippen molar-refractivity contribution >= 4 is 29.2 Å². The van der Waals surface area contributed by atoms with Crippen LogP contribution in [0.2, 0.25) is 0 Å². The zero-order valence-corrected chi connectivity index (χ0v) is 19.3. The van der Waals surface area contributed by atoms with Gasteiger partial charge in [-0.15, -0.1) is 11.3 Å². The number of likely N-dealkylation sites (N-methyl/N-ethyl adjacent to an activating group) is 1. The second-order valence-electron chi connectivity index (χ2n) is 8.00. The van der Waals surface area contributed by atoms with E-state index in [-0.39, 0.29) is 11.9 Å². The maximum Gasteiger partial charge on any atom is 0.490 e. The second-order valence-corrected chi connectivity index (χ2v) is 9.07. The number of carboxylic acids is 1. The van der Waals surface area contributed by atoms with E-state index in [1.165, 1.54) is 0 Å². The van der Waals surface area contributed by atoms with E-state index in [1.54, 1.807) is 30.3 Å². The molecule has 0 saturated carbocycles. The molecule has 180 valence electrons. The topological polar surface area (TPSA) is 97.3 Å². The van der Waals surface area contributed by atoms with Gasteiger partial charge in [0.2, 0.25) is 5.91 Å². The van der Waals surface area contributed by atoms with E-state index in [0.29, 0.717) is 32.5 Å². The molecular formula is C19H28F3N5O4S. The van der Waals surface area contributed by atoms with Crippen LogP contribution in [0.3, 0.4) is 0 Å². The van der Waals surface area contributed by atoms with Crippen LogP contribution >= 0.6 is 11.3 Å². The van der Waals surface area contributed by atoms with Crippen LogP contribution in [0.4, 0.5) is 18.0 Å². The number of urea groups is 1. The molecule has 2 aliphatic rings. The van der Waals surface area contributed by atoms with Gasteiger partial charge in [0.15, 0.2) is 0 Å². The third-order valence-electron chi connectivity index (χ3n) is 5.63. The number of piperazine rings is 1. The summed E-state index contributed by atoms with van der Waals surface area (Å²) in [5, 5.41) is 10.2. The summed E-state index contributed by atoms with van der Waals surface area (Å²) in [6.07, 6.45) is -3.71. The van der Waals surface area contributed by atoms with Crippen molar-refractivity contribution in [2.45, 2.75) is 38.0 Å². The Bertz CT molecular complexity index is 837. The Morgan fingerprint density at radius 2 is 1.78 bits per heavy atom. The van der Waals surface area contributed by atoms with Gasteiger partial charge in [0.05, 0.1) is 17.2 Å². The maximum absolute atomic E-state index is 13.3. The molecule has 3 rings (SSSR count). The largest absolute Gasteiger partial charge is 0.490 e. The van der Waals surface area contributed by atoms with Crippen LogP contribution in [0.15, 0.2) is 5.38 Å². The summed E-state index contributed by atoms with van der Waals surface area (Å²) < 4.78 is 31.7. The van der Waals surface area contributed by atoms with Gasteiger partial charge in [-0.2, -0.15) is 13.2 Å². The lowest BCUT2D eigenvalue weighted by atomic mass is 9.83. The Balaban J connectivity index is 0.000000451. The highest BCUT2D eigenvalue weighted by molar-refractivity contribution is 7.09. The van der Waals surface area contributed by atoms with E-state index in [2.05, 4.69) is 9.88 Å². The molecule has 2 saturated heterocycles. The summed E-state index contributed by atoms with van der Waals surface area (Å²) in [5.74, 6) is -2.57. The zero-order chi connectivity index (χ0) is 24.3. The highest BCUT2D eigenvalue weighted by atomic mass is 32.1. The third-order valence-corrected chi connectivity index (χ3v) is 6.45. The number of aliphatic carboxylic acids is 1. The molecule has 2 aliphatic heterocycles. The van der Waals surface area contributed by atoms with Crippen LogP contribution in [0.1, 0.15) is 23.5 Å². The highest BCUT2D eigenvalue weighted by Gasteiger charge is 2.49. The van der Waals surface area contributed by atoms with E-state index >= 15 is 0 Å². The van der Waals surface area contributed by atoms with Crippen LogP contribution in [0, 0.1) is 6.92 Å². The fraction of sp³-hybridized carbons (Fsp3) is 0.684. The number of hydrogen-bond donors (Lipinski definition) is 1. The fourth-order valence-corrected chi connectivity index (χ4v) is 4.42. The number of carbonyl (C=O) groups is 3. The quantitative estimate of drug-likeness (QED) is 0.696. The number of thiazole rings is 1. The summed E-state index contributed by atoms with van der Waals surface area (Å²) in [6.45, 7) is 5.40. The minimum atomic E-state index is -5.08. The number of carboxylic acid groups (broad SMARTS) is 1. The van der Waals surface area contributed by atoms with Gasteiger partial charge in [-0.05, 0) is 26.8 Å². The molecule has 0 bridgehead atoms. The van der Waals surface area contributed by atoms with E-state index < -0.39 is 17.7 Å². The average Bonchev–Trinajstić information content (AvgIpc) is 3.13. The summed E-state index contributed by atoms with van der Waals surface area (Å²) in [4.78, 5) is 46.4. The van der Waals surface area contributed by atoms with E-state index in [1.807, 2.05) is 29.2 Å². The molecule has 3 heterocycles. The van der Waals surface area contributed by atoms with Crippen LogP contribution in [-0.2, 0) is 16.1 Å². The van der Waals surface area contributed by atoms with E-state index in [0.717, 1.165) is 23.8 Å². The molecule has 1 aromatic heterocycles. The first-order valence-corrected chi connectivity index (χ1v) is 10.8. The number of piperidine rings is 1. The predicted octanol–water partition coefficient (Wildman–Crippen LogP) is 1.88. The van der Waals surface area contributed by atoms with Gasteiger partial charge < -0.3 is 19.8 Å². The molecule has 0 aliphatic carbocycles. The number of likely N-dealkylation sites (tertiary alicyclic amines) is 1. The third kappa shape index (κ3) is 5.88. The second kappa shape index (κ2) is 10.0. The Morgan fingerprint density at radius 3 is 2.22 bits per heavy atom. The van der Waals surface area contributed by atoms with Crippen LogP contribution in [0.5, 0.6) is 0 Å². The number of aromatic nitrogens is 1. The monoisotopic (exact) mass is 479 g/mol. The number of halogens is 3. The molecule has 0 unspecified atom stereocenters. The van der Waals surface area contributed by atoms with Gasteiger partial charge in [0.1, 0.15) is 5.54 Å². The predicted molar refractivity (Wildman–Crippen MR) is 111 cm³/mol. The summed E-state index contributed by atoms with van der Waals surface area (Å²) in [7, 11) is 5.57. The normalized spacial score (nSPS) is 18.9. The Kier molecular flexibility index (Phi) is 8.10. The molecule has 0 atom stereocenters. The van der Waals surface area contributed by atoms with Crippen molar-refractivity contribution in [1.29, 1.82) is 0 Å². The van der Waals surface area contributed by atoms with Crippen molar-refractivity contribution in [3.63, 3.8) is 0 Å². The van der Waals surface area contributed by atoms with Crippen molar-refractivity contribution in [2.75, 3.05) is 47.3 Å². The summed E-state index contributed by atoms with van der Waals surface area (Å²) in [5.41, 5.74) is 0.489. The van der Waals surface area contributed by atoms with Crippen molar-refractivity contribution in [1.82, 2.24) is 24.6 Å². The lowest BCUT2D eigenvalue weighted by Gasteiger charge is -2.51. The van der Waals surface area contributed by atoms with Gasteiger partial charge in [-0.25, -0.2) is 14.6 Å². The maximum atomic E-state index is 13.3. The molecule has 2 fully saturated rings. The van der Waals surface area contributed by atoms with Gasteiger partial charge in [0.25, 0.3) is 0 Å². The smallest absolute Gasteiger partial charge is 0.475 e. The Hall–Kier alpha value is -2.41. The number of alkyl halides is 3. The molecule has 32 heavy (non-hydrogen) atoms. The molecule has 13 heteroatoms. The molecule has 1 N–H and O–H groups in total. The number of aryl methyl sites for hydroxylation is 1. The van der Waals surface area contributed by atoms with Gasteiger partial charge in [-0.1, -0.05) is 0 Å². The number of carbonyl (C=O) groups excluding carboxylic acids is 2. The van der Waals surface area contributed by atoms with Crippen molar-refractivity contribution in [2.24, 2.45) is 0 Å². The van der Waals surface area contributed by atoms with Crippen molar-refractivity contribution < 1.29 is 32.7 Å². The minimum absolute atomic E-state index is 0.0237. The Labute approximate surface area is 188 Å². The zero-order valence-electron chi connectivity index (χ0n) is 18.5. The van der Waals surface area contributed by atoms with Crippen LogP contribution in [-0.4, -0.2) is 107 Å². The summed E-state index contributed by atoms with van der Waals surface area (Å²) >= 11 is 1.62. The van der Waals surface area contributed by atoms with Crippen LogP contribution in [0.25, 0.3) is 0 Å². The standard InChI is InChI=1S/C17H27N5O2S.C2HF3O2/c1-13-18-14(12-25-13)11-22-10-9-20(4)17(15(22)23)5-7-21(8-6-17)16(24)19(2)3;3-2(4,5)1(6)7/h12H,5-11H2,1-4H3;(H,6,7). The lowest BCUT2D eigenvalue weighted by Crippen LogP contribution is -2.68. The fourth-order valence-electron chi connectivity index (χ4n) is 3.82. The van der Waals surface area contributed by atoms with Gasteiger partial charge >= 0.3 is 18.2 Å². The molecule has 0 aromatic carbocycles. The van der Waals surface area contributed by atoms with E-state index in [4.69, 9.17) is 9.90 Å². The van der Waals surface area contributed by atoms with Crippen LogP contribution < -0.4 is 0 Å². The molecule has 3 amide bonds. The number of amides is 3. The first kappa shape index (κ1) is 25.8. The number of hydrogen-bond acceptors (Lipinski definition) is 6. The van der Waals surface area contributed by atoms with Crippen molar-refractivity contribution in [3.05, 3.63) is 16.1 Å². The molecule has 1 aromatic rings. The minimum Gasteiger partial charge on any atom is -0.475 e. The highest BCUT2D eigenvalue weighted by Crippen LogP contribution is 2.33. The number of nitrogens with zero attached hydrogens (tertiary/aromatic N) is 5. The first-order valence-electron chi connectivity index (χ1n) is 9.96. The number of rotatable bonds is 2. The molecular weight excluding hydrogens is 451 g/mol. The SMILES string of the molecule is Cc1nc(CN2CCN(C)C3(CCN(C(=O)N(C)C)CC3)C2=O)cs1.O=C(O)C(F)(F)F. The van der Waals surface area contributed by atoms with Gasteiger partial charge in [0, 0.05) is 45.7 Å². The van der Waals surface area contributed by atoms with E-state index in [9.17, 15) is 22.8 Å². The molecule has 0 radical (unpaired) electrons. The summed E-state index contributed by atoms with van der Waals surface area (Å²) in [6, 6.07) is 0.0237. The first-order chi connectivity index (χ1) is 14.8. The average molecular weight is 480 g/mol. The van der Waals surface area contributed by atoms with Crippen molar-refractivity contribution in [3.8, 4) is 0 Å². The van der Waals surface area contributed by atoms with Gasteiger partial charge in [-0.3, -0.25) is 9.69 Å². The molecule has 9 nitrogen and oxygen atoms in total. The molecule has 1 spiro atoms. The Morgan fingerprint density at radius 1 is 1.22 bits per heavy atom. The lowest BCUT2D eigenvalue weighted by molar-refractivity contribution is -0.192.